The molecule has 1 fully saturated rings. The van der Waals surface area contributed by atoms with Crippen molar-refractivity contribution >= 4 is 17.5 Å². The van der Waals surface area contributed by atoms with Gasteiger partial charge in [0.1, 0.15) is 11.6 Å². The molecule has 1 aromatic carbocycles. The highest BCUT2D eigenvalue weighted by Crippen LogP contribution is 2.29. The van der Waals surface area contributed by atoms with Crippen LogP contribution < -0.4 is 19.9 Å². The number of para-hydroxylation sites is 2. The van der Waals surface area contributed by atoms with E-state index < -0.39 is 0 Å². The molecule has 0 radical (unpaired) electrons. The van der Waals surface area contributed by atoms with Crippen molar-refractivity contribution in [1.82, 2.24) is 9.97 Å². The maximum atomic E-state index is 5.48. The maximum Gasteiger partial charge on any atom is 0.224 e. The van der Waals surface area contributed by atoms with Gasteiger partial charge in [0.2, 0.25) is 5.95 Å². The molecule has 2 heterocycles. The SMILES string of the molecule is COCCNc1nccc(N2CCN(c3ccccc3OC)CC2)n1. The lowest BCUT2D eigenvalue weighted by molar-refractivity contribution is 0.210. The third-order valence-corrected chi connectivity index (χ3v) is 4.26. The molecule has 1 N–H and O–H groups in total. The molecule has 1 aliphatic heterocycles. The van der Waals surface area contributed by atoms with Gasteiger partial charge in [-0.3, -0.25) is 0 Å². The lowest BCUT2D eigenvalue weighted by Crippen LogP contribution is -2.47. The van der Waals surface area contributed by atoms with E-state index >= 15 is 0 Å². The highest BCUT2D eigenvalue weighted by atomic mass is 16.5. The summed E-state index contributed by atoms with van der Waals surface area (Å²) in [5, 5.41) is 3.17. The normalized spacial score (nSPS) is 14.5. The van der Waals surface area contributed by atoms with Crippen molar-refractivity contribution in [3.8, 4) is 5.75 Å². The molecule has 0 bridgehead atoms. The van der Waals surface area contributed by atoms with Gasteiger partial charge in [-0.05, 0) is 18.2 Å². The van der Waals surface area contributed by atoms with Crippen molar-refractivity contribution in [2.24, 2.45) is 0 Å². The van der Waals surface area contributed by atoms with Gasteiger partial charge in [-0.15, -0.1) is 0 Å². The summed E-state index contributed by atoms with van der Waals surface area (Å²) in [6, 6.07) is 10.1. The van der Waals surface area contributed by atoms with Gasteiger partial charge in [0.15, 0.2) is 0 Å². The number of rotatable bonds is 7. The molecule has 25 heavy (non-hydrogen) atoms. The van der Waals surface area contributed by atoms with Crippen LogP contribution in [0.25, 0.3) is 0 Å². The minimum absolute atomic E-state index is 0.630. The van der Waals surface area contributed by atoms with Crippen molar-refractivity contribution in [1.29, 1.82) is 0 Å². The number of benzene rings is 1. The molecule has 1 saturated heterocycles. The molecule has 1 aliphatic rings. The Morgan fingerprint density at radius 1 is 1.04 bits per heavy atom. The summed E-state index contributed by atoms with van der Waals surface area (Å²) >= 11 is 0. The van der Waals surface area contributed by atoms with E-state index in [9.17, 15) is 0 Å². The number of nitrogens with one attached hydrogen (secondary N) is 1. The van der Waals surface area contributed by atoms with Crippen molar-refractivity contribution in [3.63, 3.8) is 0 Å². The van der Waals surface area contributed by atoms with Crippen LogP contribution in [0.2, 0.25) is 0 Å². The van der Waals surface area contributed by atoms with Crippen LogP contribution >= 0.6 is 0 Å². The molecule has 7 nitrogen and oxygen atoms in total. The molecule has 3 rings (SSSR count). The van der Waals surface area contributed by atoms with Crippen molar-refractivity contribution in [3.05, 3.63) is 36.5 Å². The Labute approximate surface area is 148 Å². The van der Waals surface area contributed by atoms with Crippen LogP contribution in [-0.4, -0.2) is 63.5 Å². The molecule has 7 heteroatoms. The lowest BCUT2D eigenvalue weighted by atomic mass is 10.2. The topological polar surface area (TPSA) is 62.8 Å². The van der Waals surface area contributed by atoms with Crippen LogP contribution in [0.1, 0.15) is 0 Å². The van der Waals surface area contributed by atoms with Crippen LogP contribution in [0.15, 0.2) is 36.5 Å². The quantitative estimate of drug-likeness (QED) is 0.770. The first-order chi connectivity index (χ1) is 12.3. The monoisotopic (exact) mass is 343 g/mol. The molecule has 0 spiro atoms. The van der Waals surface area contributed by atoms with Crippen LogP contribution in [0.5, 0.6) is 5.75 Å². The second kappa shape index (κ2) is 8.53. The first-order valence-electron chi connectivity index (χ1n) is 8.50. The summed E-state index contributed by atoms with van der Waals surface area (Å²) in [6.07, 6.45) is 1.80. The lowest BCUT2D eigenvalue weighted by Gasteiger charge is -2.37. The molecule has 134 valence electrons. The third kappa shape index (κ3) is 4.30. The van der Waals surface area contributed by atoms with Gasteiger partial charge in [-0.1, -0.05) is 12.1 Å². The fourth-order valence-electron chi connectivity index (χ4n) is 2.94. The Morgan fingerprint density at radius 3 is 2.56 bits per heavy atom. The second-order valence-corrected chi connectivity index (χ2v) is 5.80. The zero-order chi connectivity index (χ0) is 17.5. The Bertz CT molecular complexity index is 674. The summed E-state index contributed by atoms with van der Waals surface area (Å²) in [4.78, 5) is 13.5. The molecular weight excluding hydrogens is 318 g/mol. The van der Waals surface area contributed by atoms with Gasteiger partial charge in [0.25, 0.3) is 0 Å². The Balaban J connectivity index is 1.61. The molecule has 1 aromatic heterocycles. The molecule has 0 saturated carbocycles. The molecule has 0 unspecified atom stereocenters. The fraction of sp³-hybridized carbons (Fsp3) is 0.444. The minimum atomic E-state index is 0.630. The van der Waals surface area contributed by atoms with Gasteiger partial charge < -0.3 is 24.6 Å². The molecule has 0 aliphatic carbocycles. The molecule has 2 aromatic rings. The number of anilines is 3. The van der Waals surface area contributed by atoms with Crippen LogP contribution in [0, 0.1) is 0 Å². The first-order valence-corrected chi connectivity index (χ1v) is 8.50. The summed E-state index contributed by atoms with van der Waals surface area (Å²) < 4.78 is 10.5. The standard InChI is InChI=1S/C18H25N5O2/c1-24-14-9-20-18-19-8-7-17(21-18)23-12-10-22(11-13-23)15-5-3-4-6-16(15)25-2/h3-8H,9-14H2,1-2H3,(H,19,20,21). The predicted octanol–water partition coefficient (Wildman–Crippen LogP) is 1.87. The van der Waals surface area contributed by atoms with Crippen molar-refractivity contribution < 1.29 is 9.47 Å². The Hall–Kier alpha value is -2.54. The highest BCUT2D eigenvalue weighted by molar-refractivity contribution is 5.59. The minimum Gasteiger partial charge on any atom is -0.495 e. The zero-order valence-corrected chi connectivity index (χ0v) is 14.8. The Kier molecular flexibility index (Phi) is 5.90. The Morgan fingerprint density at radius 2 is 1.80 bits per heavy atom. The smallest absolute Gasteiger partial charge is 0.224 e. The van der Waals surface area contributed by atoms with E-state index in [-0.39, 0.29) is 0 Å². The van der Waals surface area contributed by atoms with Gasteiger partial charge in [-0.2, -0.15) is 4.98 Å². The number of piperazine rings is 1. The molecule has 0 atom stereocenters. The van der Waals surface area contributed by atoms with Crippen molar-refractivity contribution in [2.45, 2.75) is 0 Å². The van der Waals surface area contributed by atoms with Gasteiger partial charge in [-0.25, -0.2) is 4.98 Å². The average Bonchev–Trinajstić information content (AvgIpc) is 2.68. The summed E-state index contributed by atoms with van der Waals surface area (Å²) in [5.41, 5.74) is 1.15. The number of aromatic nitrogens is 2. The average molecular weight is 343 g/mol. The van der Waals surface area contributed by atoms with Gasteiger partial charge in [0, 0.05) is 46.0 Å². The van der Waals surface area contributed by atoms with E-state index in [0.717, 1.165) is 43.4 Å². The number of methoxy groups -OCH3 is 2. The summed E-state index contributed by atoms with van der Waals surface area (Å²) in [6.45, 7) is 5.00. The van der Waals surface area contributed by atoms with E-state index in [0.29, 0.717) is 19.1 Å². The number of nitrogens with zero attached hydrogens (tertiary/aromatic N) is 4. The number of hydrogen-bond donors (Lipinski definition) is 1. The van der Waals surface area contributed by atoms with Crippen molar-refractivity contribution in [2.75, 3.05) is 68.7 Å². The number of ether oxygens (including phenoxy) is 2. The third-order valence-electron chi connectivity index (χ3n) is 4.26. The predicted molar refractivity (Wildman–Crippen MR) is 99.8 cm³/mol. The van der Waals surface area contributed by atoms with Crippen LogP contribution in [0.3, 0.4) is 0 Å². The number of hydrogen-bond acceptors (Lipinski definition) is 7. The summed E-state index contributed by atoms with van der Waals surface area (Å²) in [5.74, 6) is 2.51. The molecule has 0 amide bonds. The largest absolute Gasteiger partial charge is 0.495 e. The fourth-order valence-corrected chi connectivity index (χ4v) is 2.94. The highest BCUT2D eigenvalue weighted by Gasteiger charge is 2.20. The van der Waals surface area contributed by atoms with Crippen LogP contribution in [-0.2, 0) is 4.74 Å². The van der Waals surface area contributed by atoms with E-state index in [2.05, 4.69) is 31.2 Å². The van der Waals surface area contributed by atoms with Gasteiger partial charge in [0.05, 0.1) is 19.4 Å². The van der Waals surface area contributed by atoms with E-state index in [1.54, 1.807) is 20.4 Å². The van der Waals surface area contributed by atoms with E-state index in [1.807, 2.05) is 24.3 Å². The van der Waals surface area contributed by atoms with E-state index in [1.165, 1.54) is 0 Å². The second-order valence-electron chi connectivity index (χ2n) is 5.80. The van der Waals surface area contributed by atoms with Crippen LogP contribution in [0.4, 0.5) is 17.5 Å². The molecular formula is C18H25N5O2. The van der Waals surface area contributed by atoms with Gasteiger partial charge >= 0.3 is 0 Å². The maximum absolute atomic E-state index is 5.48. The first kappa shape index (κ1) is 17.3. The van der Waals surface area contributed by atoms with E-state index in [4.69, 9.17) is 9.47 Å². The summed E-state index contributed by atoms with van der Waals surface area (Å²) in [7, 11) is 3.40. The zero-order valence-electron chi connectivity index (χ0n) is 14.8.